The number of aromatic nitrogens is 2. The minimum Gasteiger partial charge on any atom is -0.497 e. The van der Waals surface area contributed by atoms with Crippen LogP contribution in [0.2, 0.25) is 0 Å². The zero-order chi connectivity index (χ0) is 20.0. The van der Waals surface area contributed by atoms with Gasteiger partial charge in [-0.25, -0.2) is 4.79 Å². The molecular formula is C18H24N4O5. The van der Waals surface area contributed by atoms with Gasteiger partial charge in [-0.2, -0.15) is 0 Å². The molecule has 0 aliphatic rings. The molecule has 0 unspecified atom stereocenters. The van der Waals surface area contributed by atoms with Crippen molar-refractivity contribution in [1.29, 1.82) is 0 Å². The number of nitrogens with one attached hydrogen (secondary N) is 1. The van der Waals surface area contributed by atoms with E-state index >= 15 is 0 Å². The van der Waals surface area contributed by atoms with Crippen LogP contribution in [0, 0.1) is 0 Å². The van der Waals surface area contributed by atoms with Gasteiger partial charge in [0, 0.05) is 13.7 Å². The maximum Gasteiger partial charge on any atom is 0.330 e. The number of carbonyl (C=O) groups is 1. The van der Waals surface area contributed by atoms with Gasteiger partial charge in [-0.3, -0.25) is 24.0 Å². The first-order chi connectivity index (χ1) is 12.9. The molecule has 0 radical (unpaired) electrons. The summed E-state index contributed by atoms with van der Waals surface area (Å²) in [5, 5.41) is 0. The number of anilines is 1. The molecule has 9 nitrogen and oxygen atoms in total. The number of ether oxygens (including phenoxy) is 2. The summed E-state index contributed by atoms with van der Waals surface area (Å²) in [5.74, 6) is 0.101. The first-order valence-electron chi connectivity index (χ1n) is 8.33. The Morgan fingerprint density at radius 3 is 2.70 bits per heavy atom. The Morgan fingerprint density at radius 2 is 2.04 bits per heavy atom. The molecule has 0 amide bonds. The van der Waals surface area contributed by atoms with E-state index in [0.717, 1.165) is 15.9 Å². The molecule has 3 N–H and O–H groups in total. The summed E-state index contributed by atoms with van der Waals surface area (Å²) in [4.78, 5) is 40.5. The number of Topliss-reactive ketones (excluding diaryl/α,β-unsaturated/α-hetero) is 1. The van der Waals surface area contributed by atoms with Gasteiger partial charge in [0.25, 0.3) is 5.56 Å². The molecule has 0 aliphatic carbocycles. The molecule has 27 heavy (non-hydrogen) atoms. The molecule has 1 aromatic carbocycles. The maximum absolute atomic E-state index is 12.6. The van der Waals surface area contributed by atoms with Crippen molar-refractivity contribution in [2.24, 2.45) is 0 Å². The van der Waals surface area contributed by atoms with Crippen molar-refractivity contribution in [3.05, 3.63) is 56.2 Å². The van der Waals surface area contributed by atoms with Crippen molar-refractivity contribution in [2.45, 2.75) is 13.1 Å². The van der Waals surface area contributed by atoms with Crippen LogP contribution in [0.25, 0.3) is 0 Å². The van der Waals surface area contributed by atoms with E-state index in [-0.39, 0.29) is 31.1 Å². The first kappa shape index (κ1) is 20.4. The lowest BCUT2D eigenvalue weighted by Gasteiger charge is -2.17. The molecule has 1 heterocycles. The third-order valence-electron chi connectivity index (χ3n) is 4.04. The van der Waals surface area contributed by atoms with Crippen LogP contribution in [-0.4, -0.2) is 54.7 Å². The molecule has 1 aromatic heterocycles. The second kappa shape index (κ2) is 9.15. The first-order valence-corrected chi connectivity index (χ1v) is 8.33. The van der Waals surface area contributed by atoms with Gasteiger partial charge in [-0.15, -0.1) is 0 Å². The number of methoxy groups -OCH3 is 2. The summed E-state index contributed by atoms with van der Waals surface area (Å²) in [6, 6.07) is 7.47. The monoisotopic (exact) mass is 376 g/mol. The van der Waals surface area contributed by atoms with Crippen LogP contribution in [0.15, 0.2) is 33.9 Å². The van der Waals surface area contributed by atoms with E-state index < -0.39 is 17.0 Å². The Hall–Kier alpha value is -2.91. The van der Waals surface area contributed by atoms with Crippen LogP contribution in [0.4, 0.5) is 5.82 Å². The van der Waals surface area contributed by atoms with Crippen molar-refractivity contribution in [3.63, 3.8) is 0 Å². The van der Waals surface area contributed by atoms with Crippen molar-refractivity contribution < 1.29 is 14.3 Å². The van der Waals surface area contributed by atoms with Gasteiger partial charge in [0.05, 0.1) is 26.8 Å². The number of nitrogens with two attached hydrogens (primary N) is 1. The number of hydrogen-bond donors (Lipinski definition) is 2. The lowest BCUT2D eigenvalue weighted by atomic mass is 10.1. The molecule has 0 bridgehead atoms. The fourth-order valence-corrected chi connectivity index (χ4v) is 2.72. The topological polar surface area (TPSA) is 120 Å². The zero-order valence-corrected chi connectivity index (χ0v) is 15.7. The molecular weight excluding hydrogens is 352 g/mol. The van der Waals surface area contributed by atoms with E-state index in [1.54, 1.807) is 19.1 Å². The molecule has 0 saturated carbocycles. The summed E-state index contributed by atoms with van der Waals surface area (Å²) < 4.78 is 11.2. The van der Waals surface area contributed by atoms with Crippen LogP contribution in [0.1, 0.15) is 15.9 Å². The third kappa shape index (κ3) is 5.05. The van der Waals surface area contributed by atoms with E-state index in [1.807, 2.05) is 24.3 Å². The van der Waals surface area contributed by atoms with Crippen LogP contribution in [0.3, 0.4) is 0 Å². The average molecular weight is 376 g/mol. The van der Waals surface area contributed by atoms with Gasteiger partial charge < -0.3 is 15.2 Å². The number of benzene rings is 1. The number of nitrogens with zero attached hydrogens (tertiary/aromatic N) is 2. The molecule has 0 saturated heterocycles. The number of ketones is 1. The number of carbonyl (C=O) groups excluding carboxylic acids is 1. The highest BCUT2D eigenvalue weighted by Gasteiger charge is 2.20. The highest BCUT2D eigenvalue weighted by molar-refractivity contribution is 6.01. The molecule has 0 spiro atoms. The molecule has 0 atom stereocenters. The second-order valence-electron chi connectivity index (χ2n) is 6.11. The summed E-state index contributed by atoms with van der Waals surface area (Å²) in [7, 11) is 4.81. The van der Waals surface area contributed by atoms with Crippen LogP contribution in [0.5, 0.6) is 5.75 Å². The van der Waals surface area contributed by atoms with Gasteiger partial charge in [-0.05, 0) is 24.7 Å². The Kier molecular flexibility index (Phi) is 6.91. The zero-order valence-electron chi connectivity index (χ0n) is 15.7. The standard InChI is InChI=1S/C18H24N4O5/c1-21(10-12-5-4-6-13(9-12)27-3)11-14(23)15-16(19)22(7-8-26-2)18(25)20-17(15)24/h4-6,9H,7-8,10-11,19H2,1-3H3,(H,20,24,25). The van der Waals surface area contributed by atoms with E-state index in [0.29, 0.717) is 6.54 Å². The highest BCUT2D eigenvalue weighted by atomic mass is 16.5. The number of likely N-dealkylation sites (N-methyl/N-ethyl adjacent to an activating group) is 1. The number of aromatic amines is 1. The lowest BCUT2D eigenvalue weighted by Crippen LogP contribution is -2.39. The van der Waals surface area contributed by atoms with Crippen molar-refractivity contribution in [2.75, 3.05) is 40.2 Å². The van der Waals surface area contributed by atoms with Gasteiger partial charge in [0.2, 0.25) is 0 Å². The Morgan fingerprint density at radius 1 is 1.30 bits per heavy atom. The van der Waals surface area contributed by atoms with E-state index in [4.69, 9.17) is 15.2 Å². The quantitative estimate of drug-likeness (QED) is 0.595. The average Bonchev–Trinajstić information content (AvgIpc) is 2.61. The fourth-order valence-electron chi connectivity index (χ4n) is 2.72. The van der Waals surface area contributed by atoms with E-state index in [9.17, 15) is 14.4 Å². The molecule has 0 fully saturated rings. The van der Waals surface area contributed by atoms with E-state index in [1.165, 1.54) is 7.11 Å². The van der Waals surface area contributed by atoms with Gasteiger partial charge in [0.1, 0.15) is 17.1 Å². The molecule has 2 aromatic rings. The summed E-state index contributed by atoms with van der Waals surface area (Å²) in [6.45, 7) is 0.800. The Bertz CT molecular complexity index is 919. The number of rotatable bonds is 9. The Balaban J connectivity index is 2.19. The highest BCUT2D eigenvalue weighted by Crippen LogP contribution is 2.14. The molecule has 146 valence electrons. The molecule has 0 aliphatic heterocycles. The smallest absolute Gasteiger partial charge is 0.330 e. The number of H-pyrrole nitrogens is 1. The van der Waals surface area contributed by atoms with Crippen molar-refractivity contribution >= 4 is 11.6 Å². The Labute approximate surface area is 156 Å². The number of nitrogen functional groups attached to an aromatic ring is 1. The van der Waals surface area contributed by atoms with Crippen molar-refractivity contribution in [1.82, 2.24) is 14.5 Å². The normalized spacial score (nSPS) is 11.0. The van der Waals surface area contributed by atoms with Crippen LogP contribution in [-0.2, 0) is 17.8 Å². The van der Waals surface area contributed by atoms with Crippen LogP contribution < -0.4 is 21.7 Å². The predicted molar refractivity (Wildman–Crippen MR) is 101 cm³/mol. The van der Waals surface area contributed by atoms with Gasteiger partial charge in [0.15, 0.2) is 5.78 Å². The second-order valence-corrected chi connectivity index (χ2v) is 6.11. The van der Waals surface area contributed by atoms with E-state index in [2.05, 4.69) is 4.98 Å². The summed E-state index contributed by atoms with van der Waals surface area (Å²) in [5.41, 5.74) is 5.20. The largest absolute Gasteiger partial charge is 0.497 e. The lowest BCUT2D eigenvalue weighted by molar-refractivity contribution is 0.0941. The third-order valence-corrected chi connectivity index (χ3v) is 4.04. The van der Waals surface area contributed by atoms with Gasteiger partial charge >= 0.3 is 5.69 Å². The SMILES string of the molecule is COCCn1c(N)c(C(=O)CN(C)Cc2cccc(OC)c2)c(=O)[nH]c1=O. The van der Waals surface area contributed by atoms with Gasteiger partial charge in [-0.1, -0.05) is 12.1 Å². The minimum atomic E-state index is -0.786. The van der Waals surface area contributed by atoms with Crippen LogP contribution >= 0.6 is 0 Å². The molecule has 9 heteroatoms. The maximum atomic E-state index is 12.6. The summed E-state index contributed by atoms with van der Waals surface area (Å²) in [6.07, 6.45) is 0. The summed E-state index contributed by atoms with van der Waals surface area (Å²) >= 11 is 0. The molecule has 2 rings (SSSR count). The predicted octanol–water partition coefficient (Wildman–Crippen LogP) is 0.0885. The minimum absolute atomic E-state index is 0.0348. The fraction of sp³-hybridized carbons (Fsp3) is 0.389. The number of hydrogen-bond acceptors (Lipinski definition) is 7. The van der Waals surface area contributed by atoms with Crippen molar-refractivity contribution in [3.8, 4) is 5.75 Å².